The molecule has 0 amide bonds. The number of aromatic nitrogens is 2. The van der Waals surface area contributed by atoms with Gasteiger partial charge in [0.2, 0.25) is 5.95 Å². The zero-order chi connectivity index (χ0) is 16.8. The highest BCUT2D eigenvalue weighted by atomic mass is 19.4. The number of benzene rings is 1. The minimum absolute atomic E-state index is 0.0935. The molecule has 1 aliphatic carbocycles. The maximum atomic E-state index is 12.9. The van der Waals surface area contributed by atoms with Gasteiger partial charge in [-0.2, -0.15) is 18.2 Å². The zero-order valence-electron chi connectivity index (χ0n) is 12.8. The van der Waals surface area contributed by atoms with Gasteiger partial charge in [0.15, 0.2) is 5.69 Å². The van der Waals surface area contributed by atoms with Crippen LogP contribution < -0.4 is 11.1 Å². The Kier molecular flexibility index (Phi) is 3.66. The fourth-order valence-electron chi connectivity index (χ4n) is 3.03. The summed E-state index contributed by atoms with van der Waals surface area (Å²) in [6.07, 6.45) is -3.68. The third-order valence-corrected chi connectivity index (χ3v) is 4.08. The van der Waals surface area contributed by atoms with Crippen LogP contribution in [0.5, 0.6) is 0 Å². The minimum atomic E-state index is -4.55. The maximum absolute atomic E-state index is 12.9. The van der Waals surface area contributed by atoms with Crippen molar-refractivity contribution in [1.29, 1.82) is 0 Å². The number of nitrogens with zero attached hydrogens (tertiary/aromatic N) is 2. The summed E-state index contributed by atoms with van der Waals surface area (Å²) in [6.45, 7) is 4.05. The van der Waals surface area contributed by atoms with Gasteiger partial charge in [-0.1, -0.05) is 30.7 Å². The van der Waals surface area contributed by atoms with E-state index >= 15 is 0 Å². The standard InChI is InChI=1S/C16H17F3N4/c1-8-3-4-10-6-9(2)14(11(10)5-8)22-13-7-12(16(17,18)19)21-15(20)23-13/h3-5,7,9,14H,6H2,1-2H3,(H3,20,21,22,23)/t9-,14+/m0/s1. The summed E-state index contributed by atoms with van der Waals surface area (Å²) < 4.78 is 38.6. The average molecular weight is 322 g/mol. The predicted octanol–water partition coefficient (Wildman–Crippen LogP) is 3.73. The number of aryl methyl sites for hydroxylation is 1. The van der Waals surface area contributed by atoms with Crippen LogP contribution in [0.3, 0.4) is 0 Å². The highest BCUT2D eigenvalue weighted by molar-refractivity contribution is 5.48. The van der Waals surface area contributed by atoms with Crippen molar-refractivity contribution in [3.05, 3.63) is 46.6 Å². The summed E-state index contributed by atoms with van der Waals surface area (Å²) in [5.41, 5.74) is 7.80. The fraction of sp³-hybridized carbons (Fsp3) is 0.375. The van der Waals surface area contributed by atoms with Crippen LogP contribution >= 0.6 is 0 Å². The molecule has 2 aromatic rings. The lowest BCUT2D eigenvalue weighted by Crippen LogP contribution is -2.18. The summed E-state index contributed by atoms with van der Waals surface area (Å²) in [7, 11) is 0. The summed E-state index contributed by atoms with van der Waals surface area (Å²) in [5, 5.41) is 3.10. The molecule has 7 heteroatoms. The minimum Gasteiger partial charge on any atom is -0.368 e. The van der Waals surface area contributed by atoms with E-state index in [9.17, 15) is 13.2 Å². The molecular weight excluding hydrogens is 305 g/mol. The van der Waals surface area contributed by atoms with E-state index in [2.05, 4.69) is 34.3 Å². The van der Waals surface area contributed by atoms with E-state index < -0.39 is 17.8 Å². The quantitative estimate of drug-likeness (QED) is 0.884. The number of nitrogens with one attached hydrogen (secondary N) is 1. The van der Waals surface area contributed by atoms with E-state index in [-0.39, 0.29) is 17.8 Å². The van der Waals surface area contributed by atoms with E-state index in [1.165, 1.54) is 5.56 Å². The monoisotopic (exact) mass is 322 g/mol. The number of alkyl halides is 3. The van der Waals surface area contributed by atoms with Gasteiger partial charge >= 0.3 is 6.18 Å². The van der Waals surface area contributed by atoms with Crippen LogP contribution in [0.25, 0.3) is 0 Å². The van der Waals surface area contributed by atoms with Gasteiger partial charge in [-0.05, 0) is 30.4 Å². The van der Waals surface area contributed by atoms with Gasteiger partial charge in [-0.15, -0.1) is 0 Å². The molecule has 0 bridgehead atoms. The second kappa shape index (κ2) is 5.40. The highest BCUT2D eigenvalue weighted by Crippen LogP contribution is 2.39. The van der Waals surface area contributed by atoms with Crippen LogP contribution in [-0.2, 0) is 12.6 Å². The molecule has 0 unspecified atom stereocenters. The van der Waals surface area contributed by atoms with E-state index in [0.717, 1.165) is 23.6 Å². The Morgan fingerprint density at radius 1 is 1.22 bits per heavy atom. The summed E-state index contributed by atoms with van der Waals surface area (Å²) in [4.78, 5) is 7.15. The molecule has 1 aromatic carbocycles. The smallest absolute Gasteiger partial charge is 0.368 e. The van der Waals surface area contributed by atoms with Crippen molar-refractivity contribution in [2.75, 3.05) is 11.1 Å². The van der Waals surface area contributed by atoms with Crippen molar-refractivity contribution in [2.45, 2.75) is 32.5 Å². The highest BCUT2D eigenvalue weighted by Gasteiger charge is 2.35. The zero-order valence-corrected chi connectivity index (χ0v) is 12.8. The molecule has 0 radical (unpaired) electrons. The van der Waals surface area contributed by atoms with Crippen LogP contribution in [0, 0.1) is 12.8 Å². The molecule has 0 fully saturated rings. The molecule has 3 N–H and O–H groups in total. The van der Waals surface area contributed by atoms with Crippen LogP contribution in [0.15, 0.2) is 24.3 Å². The Morgan fingerprint density at radius 3 is 2.65 bits per heavy atom. The lowest BCUT2D eigenvalue weighted by Gasteiger charge is -2.20. The lowest BCUT2D eigenvalue weighted by molar-refractivity contribution is -0.141. The first-order valence-corrected chi connectivity index (χ1v) is 7.32. The predicted molar refractivity (Wildman–Crippen MR) is 81.9 cm³/mol. The third-order valence-electron chi connectivity index (χ3n) is 4.08. The molecule has 4 nitrogen and oxygen atoms in total. The number of anilines is 2. The molecule has 122 valence electrons. The molecule has 0 aliphatic heterocycles. The molecule has 23 heavy (non-hydrogen) atoms. The number of hydrogen-bond donors (Lipinski definition) is 2. The van der Waals surface area contributed by atoms with Crippen molar-refractivity contribution >= 4 is 11.8 Å². The molecule has 1 heterocycles. The maximum Gasteiger partial charge on any atom is 0.433 e. The van der Waals surface area contributed by atoms with E-state index in [1.807, 2.05) is 13.0 Å². The van der Waals surface area contributed by atoms with Gasteiger partial charge in [-0.3, -0.25) is 0 Å². The number of halogens is 3. The first kappa shape index (κ1) is 15.6. The Balaban J connectivity index is 1.94. The topological polar surface area (TPSA) is 63.8 Å². The average Bonchev–Trinajstić information content (AvgIpc) is 2.73. The van der Waals surface area contributed by atoms with E-state index in [0.29, 0.717) is 0 Å². The Labute approximate surface area is 131 Å². The largest absolute Gasteiger partial charge is 0.433 e. The van der Waals surface area contributed by atoms with Gasteiger partial charge in [0.1, 0.15) is 5.82 Å². The van der Waals surface area contributed by atoms with Gasteiger partial charge in [0.25, 0.3) is 0 Å². The van der Waals surface area contributed by atoms with Gasteiger partial charge in [-0.25, -0.2) is 4.98 Å². The normalized spacial score (nSPS) is 20.4. The number of rotatable bonds is 2. The molecule has 0 spiro atoms. The van der Waals surface area contributed by atoms with Gasteiger partial charge in [0, 0.05) is 6.07 Å². The Bertz CT molecular complexity index is 743. The fourth-order valence-corrected chi connectivity index (χ4v) is 3.03. The lowest BCUT2D eigenvalue weighted by atomic mass is 10.0. The Hall–Kier alpha value is -2.31. The molecule has 3 rings (SSSR count). The van der Waals surface area contributed by atoms with Gasteiger partial charge < -0.3 is 11.1 Å². The molecule has 0 saturated heterocycles. The molecule has 1 aliphatic rings. The van der Waals surface area contributed by atoms with Crippen LogP contribution in [-0.4, -0.2) is 9.97 Å². The van der Waals surface area contributed by atoms with Crippen molar-refractivity contribution in [2.24, 2.45) is 5.92 Å². The second-order valence-corrected chi connectivity index (χ2v) is 6.00. The van der Waals surface area contributed by atoms with Crippen LogP contribution in [0.2, 0.25) is 0 Å². The first-order chi connectivity index (χ1) is 10.7. The SMILES string of the molecule is Cc1ccc2c(c1)[C@H](Nc1cc(C(F)(F)F)nc(N)n1)[C@@H](C)C2. The van der Waals surface area contributed by atoms with E-state index in [1.54, 1.807) is 0 Å². The van der Waals surface area contributed by atoms with E-state index in [4.69, 9.17) is 5.73 Å². The first-order valence-electron chi connectivity index (χ1n) is 7.32. The number of fused-ring (bicyclic) bond motifs is 1. The molecule has 1 aromatic heterocycles. The summed E-state index contributed by atoms with van der Waals surface area (Å²) >= 11 is 0. The summed E-state index contributed by atoms with van der Waals surface area (Å²) in [5.74, 6) is -0.0502. The van der Waals surface area contributed by atoms with Crippen molar-refractivity contribution in [3.63, 3.8) is 0 Å². The Morgan fingerprint density at radius 2 is 1.96 bits per heavy atom. The van der Waals surface area contributed by atoms with Crippen LogP contribution in [0.1, 0.15) is 35.3 Å². The number of nitrogens with two attached hydrogens (primary N) is 1. The summed E-state index contributed by atoms with van der Waals surface area (Å²) in [6, 6.07) is 6.97. The molecular formula is C16H17F3N4. The second-order valence-electron chi connectivity index (χ2n) is 6.00. The van der Waals surface area contributed by atoms with Crippen molar-refractivity contribution in [1.82, 2.24) is 9.97 Å². The number of hydrogen-bond acceptors (Lipinski definition) is 4. The molecule has 2 atom stereocenters. The van der Waals surface area contributed by atoms with Crippen LogP contribution in [0.4, 0.5) is 24.9 Å². The van der Waals surface area contributed by atoms with Crippen molar-refractivity contribution in [3.8, 4) is 0 Å². The van der Waals surface area contributed by atoms with Gasteiger partial charge in [0.05, 0.1) is 6.04 Å². The molecule has 0 saturated carbocycles. The third kappa shape index (κ3) is 3.09. The van der Waals surface area contributed by atoms with Crippen molar-refractivity contribution < 1.29 is 13.2 Å². The number of nitrogen functional groups attached to an aromatic ring is 1.